The molecule has 1 aliphatic rings. The van der Waals surface area contributed by atoms with E-state index in [-0.39, 0.29) is 12.3 Å². The Morgan fingerprint density at radius 2 is 2.25 bits per heavy atom. The average molecular weight is 238 g/mol. The quantitative estimate of drug-likeness (QED) is 0.530. The highest BCUT2D eigenvalue weighted by atomic mass is 32.2. The molecule has 1 heterocycles. The molecule has 0 saturated carbocycles. The standard InChI is InChI=1S/C10H10N2O3S/c13-9(12-15)5-8-10(14)11-6-3-1-2-4-7(6)16-8/h1-4,8,15H,5H2,(H,11,14)(H,12,13). The fourth-order valence-electron chi connectivity index (χ4n) is 1.44. The minimum Gasteiger partial charge on any atom is -0.324 e. The maximum absolute atomic E-state index is 11.6. The fraction of sp³-hybridized carbons (Fsp3) is 0.200. The summed E-state index contributed by atoms with van der Waals surface area (Å²) < 4.78 is 0. The Kier molecular flexibility index (Phi) is 3.12. The number of nitrogens with one attached hydrogen (secondary N) is 2. The number of hydrogen-bond acceptors (Lipinski definition) is 4. The van der Waals surface area contributed by atoms with E-state index in [0.29, 0.717) is 0 Å². The molecule has 2 rings (SSSR count). The Bertz CT molecular complexity index is 436. The highest BCUT2D eigenvalue weighted by Crippen LogP contribution is 2.36. The summed E-state index contributed by atoms with van der Waals surface area (Å²) in [6.07, 6.45) is -0.0403. The van der Waals surface area contributed by atoms with Crippen LogP contribution in [0.3, 0.4) is 0 Å². The molecule has 5 nitrogen and oxygen atoms in total. The molecule has 0 radical (unpaired) electrons. The molecule has 0 aromatic heterocycles. The lowest BCUT2D eigenvalue weighted by atomic mass is 10.2. The molecule has 0 bridgehead atoms. The third-order valence-electron chi connectivity index (χ3n) is 2.20. The van der Waals surface area contributed by atoms with Crippen molar-refractivity contribution >= 4 is 29.3 Å². The van der Waals surface area contributed by atoms with Gasteiger partial charge >= 0.3 is 0 Å². The van der Waals surface area contributed by atoms with Crippen LogP contribution in [0, 0.1) is 0 Å². The minimum atomic E-state index is -0.563. The number of carbonyl (C=O) groups excluding carboxylic acids is 2. The Morgan fingerprint density at radius 1 is 1.50 bits per heavy atom. The molecule has 1 atom stereocenters. The van der Waals surface area contributed by atoms with E-state index in [1.54, 1.807) is 0 Å². The van der Waals surface area contributed by atoms with Crippen molar-refractivity contribution in [3.8, 4) is 0 Å². The van der Waals surface area contributed by atoms with Crippen molar-refractivity contribution in [2.45, 2.75) is 16.6 Å². The zero-order chi connectivity index (χ0) is 11.5. The van der Waals surface area contributed by atoms with Crippen molar-refractivity contribution in [1.82, 2.24) is 5.48 Å². The Balaban J connectivity index is 2.15. The van der Waals surface area contributed by atoms with Gasteiger partial charge in [-0.2, -0.15) is 0 Å². The second-order valence-electron chi connectivity index (χ2n) is 3.33. The first-order valence-corrected chi connectivity index (χ1v) is 5.58. The lowest BCUT2D eigenvalue weighted by Gasteiger charge is -2.23. The van der Waals surface area contributed by atoms with Crippen LogP contribution in [0.4, 0.5) is 5.69 Å². The number of anilines is 1. The zero-order valence-corrected chi connectivity index (χ0v) is 9.08. The van der Waals surface area contributed by atoms with Crippen LogP contribution in [0.2, 0.25) is 0 Å². The molecule has 1 aromatic carbocycles. The van der Waals surface area contributed by atoms with Gasteiger partial charge in [0.25, 0.3) is 0 Å². The summed E-state index contributed by atoms with van der Waals surface area (Å²) in [5.74, 6) is -0.778. The summed E-state index contributed by atoms with van der Waals surface area (Å²) in [7, 11) is 0. The molecule has 84 valence electrons. The lowest BCUT2D eigenvalue weighted by Crippen LogP contribution is -2.33. The van der Waals surface area contributed by atoms with Crippen LogP contribution in [-0.4, -0.2) is 22.3 Å². The van der Waals surface area contributed by atoms with Crippen LogP contribution in [0.1, 0.15) is 6.42 Å². The first-order valence-electron chi connectivity index (χ1n) is 4.70. The van der Waals surface area contributed by atoms with Crippen molar-refractivity contribution in [2.24, 2.45) is 0 Å². The molecule has 0 fully saturated rings. The van der Waals surface area contributed by atoms with E-state index >= 15 is 0 Å². The van der Waals surface area contributed by atoms with E-state index in [4.69, 9.17) is 5.21 Å². The van der Waals surface area contributed by atoms with Gasteiger partial charge in [0.2, 0.25) is 11.8 Å². The number of carbonyl (C=O) groups is 2. The van der Waals surface area contributed by atoms with E-state index in [0.717, 1.165) is 10.6 Å². The molecule has 16 heavy (non-hydrogen) atoms. The highest BCUT2D eigenvalue weighted by Gasteiger charge is 2.28. The van der Waals surface area contributed by atoms with E-state index in [9.17, 15) is 9.59 Å². The van der Waals surface area contributed by atoms with Crippen LogP contribution < -0.4 is 10.8 Å². The molecular formula is C10H10N2O3S. The van der Waals surface area contributed by atoms with Gasteiger partial charge in [-0.1, -0.05) is 12.1 Å². The topological polar surface area (TPSA) is 78.4 Å². The largest absolute Gasteiger partial charge is 0.324 e. The minimum absolute atomic E-state index is 0.0403. The number of amides is 2. The molecule has 0 spiro atoms. The number of rotatable bonds is 2. The normalized spacial score (nSPS) is 18.6. The van der Waals surface area contributed by atoms with Crippen LogP contribution >= 0.6 is 11.8 Å². The van der Waals surface area contributed by atoms with Crippen molar-refractivity contribution in [3.63, 3.8) is 0 Å². The van der Waals surface area contributed by atoms with Gasteiger partial charge in [-0.3, -0.25) is 14.8 Å². The third-order valence-corrected chi connectivity index (χ3v) is 3.48. The molecule has 1 aliphatic heterocycles. The van der Waals surface area contributed by atoms with Crippen molar-refractivity contribution in [2.75, 3.05) is 5.32 Å². The van der Waals surface area contributed by atoms with Gasteiger partial charge in [-0.05, 0) is 12.1 Å². The van der Waals surface area contributed by atoms with Crippen molar-refractivity contribution in [1.29, 1.82) is 0 Å². The summed E-state index contributed by atoms with van der Waals surface area (Å²) in [6.45, 7) is 0. The number of para-hydroxylation sites is 1. The monoisotopic (exact) mass is 238 g/mol. The predicted octanol–water partition coefficient (Wildman–Crippen LogP) is 0.995. The third kappa shape index (κ3) is 2.17. The van der Waals surface area contributed by atoms with Crippen LogP contribution in [0.5, 0.6) is 0 Å². The second-order valence-corrected chi connectivity index (χ2v) is 4.58. The summed E-state index contributed by atoms with van der Waals surface area (Å²) in [4.78, 5) is 23.5. The SMILES string of the molecule is O=C(CC1Sc2ccccc2NC1=O)NO. The first kappa shape index (κ1) is 11.0. The first-order chi connectivity index (χ1) is 7.70. The number of hydrogen-bond donors (Lipinski definition) is 3. The number of hydroxylamine groups is 1. The lowest BCUT2D eigenvalue weighted by molar-refractivity contribution is -0.130. The van der Waals surface area contributed by atoms with E-state index in [1.807, 2.05) is 24.3 Å². The van der Waals surface area contributed by atoms with Gasteiger partial charge in [-0.25, -0.2) is 5.48 Å². The Hall–Kier alpha value is -1.53. The molecule has 1 aromatic rings. The number of thioether (sulfide) groups is 1. The smallest absolute Gasteiger partial charge is 0.244 e. The molecule has 3 N–H and O–H groups in total. The summed E-state index contributed by atoms with van der Waals surface area (Å²) in [5, 5.41) is 10.6. The maximum Gasteiger partial charge on any atom is 0.244 e. The Labute approximate surface area is 96.2 Å². The summed E-state index contributed by atoms with van der Waals surface area (Å²) in [5.41, 5.74) is 2.29. The van der Waals surface area contributed by atoms with Gasteiger partial charge in [0.15, 0.2) is 0 Å². The van der Waals surface area contributed by atoms with Gasteiger partial charge in [-0.15, -0.1) is 11.8 Å². The fourth-order valence-corrected chi connectivity index (χ4v) is 2.55. The summed E-state index contributed by atoms with van der Waals surface area (Å²) in [6, 6.07) is 7.39. The van der Waals surface area contributed by atoms with Gasteiger partial charge in [0, 0.05) is 11.3 Å². The maximum atomic E-state index is 11.6. The number of fused-ring (bicyclic) bond motifs is 1. The van der Waals surface area contributed by atoms with Crippen LogP contribution in [0.25, 0.3) is 0 Å². The average Bonchev–Trinajstić information content (AvgIpc) is 2.30. The predicted molar refractivity (Wildman–Crippen MR) is 59.3 cm³/mol. The molecule has 6 heteroatoms. The van der Waals surface area contributed by atoms with Crippen LogP contribution in [-0.2, 0) is 9.59 Å². The van der Waals surface area contributed by atoms with E-state index in [2.05, 4.69) is 5.32 Å². The van der Waals surface area contributed by atoms with E-state index < -0.39 is 11.2 Å². The second kappa shape index (κ2) is 4.54. The molecule has 2 amide bonds. The van der Waals surface area contributed by atoms with E-state index in [1.165, 1.54) is 17.2 Å². The summed E-state index contributed by atoms with van der Waals surface area (Å²) >= 11 is 1.32. The highest BCUT2D eigenvalue weighted by molar-refractivity contribution is 8.01. The van der Waals surface area contributed by atoms with Gasteiger partial charge < -0.3 is 5.32 Å². The molecule has 0 saturated heterocycles. The van der Waals surface area contributed by atoms with Crippen LogP contribution in [0.15, 0.2) is 29.2 Å². The van der Waals surface area contributed by atoms with Gasteiger partial charge in [0.1, 0.15) is 0 Å². The zero-order valence-electron chi connectivity index (χ0n) is 8.27. The van der Waals surface area contributed by atoms with Crippen molar-refractivity contribution in [3.05, 3.63) is 24.3 Å². The molecule has 1 unspecified atom stereocenters. The van der Waals surface area contributed by atoms with Crippen molar-refractivity contribution < 1.29 is 14.8 Å². The Morgan fingerprint density at radius 3 is 3.00 bits per heavy atom. The van der Waals surface area contributed by atoms with Gasteiger partial charge in [0.05, 0.1) is 10.9 Å². The molecule has 0 aliphatic carbocycles. The number of benzene rings is 1. The molecular weight excluding hydrogens is 228 g/mol.